The van der Waals surface area contributed by atoms with E-state index in [0.717, 1.165) is 24.5 Å². The number of carbonyl (C=O) groups is 1. The SMILES string of the molecule is CN1C[C@@H](NC(=O)Cc2cc(C3CC3)no2)[C@H](c2cncn2C)C1. The lowest BCUT2D eigenvalue weighted by Crippen LogP contribution is -2.40. The van der Waals surface area contributed by atoms with E-state index in [2.05, 4.69) is 27.4 Å². The van der Waals surface area contributed by atoms with Gasteiger partial charge in [-0.25, -0.2) is 4.98 Å². The van der Waals surface area contributed by atoms with Gasteiger partial charge < -0.3 is 19.3 Å². The second-order valence-corrected chi connectivity index (χ2v) is 7.10. The zero-order chi connectivity index (χ0) is 16.7. The molecule has 1 aliphatic carbocycles. The Bertz CT molecular complexity index is 733. The topological polar surface area (TPSA) is 76.2 Å². The molecule has 2 fully saturated rings. The summed E-state index contributed by atoms with van der Waals surface area (Å²) in [6.45, 7) is 1.75. The molecule has 1 saturated carbocycles. The lowest BCUT2D eigenvalue weighted by Gasteiger charge is -2.20. The van der Waals surface area contributed by atoms with Crippen LogP contribution in [0.5, 0.6) is 0 Å². The Balaban J connectivity index is 1.40. The Hall–Kier alpha value is -2.15. The van der Waals surface area contributed by atoms with Crippen LogP contribution < -0.4 is 5.32 Å². The van der Waals surface area contributed by atoms with Crippen LogP contribution in [-0.2, 0) is 18.3 Å². The molecule has 2 atom stereocenters. The molecule has 7 nitrogen and oxygen atoms in total. The number of imidazole rings is 1. The highest BCUT2D eigenvalue weighted by molar-refractivity contribution is 5.78. The van der Waals surface area contributed by atoms with Crippen molar-refractivity contribution in [1.82, 2.24) is 24.9 Å². The monoisotopic (exact) mass is 329 g/mol. The van der Waals surface area contributed by atoms with Crippen molar-refractivity contribution in [3.8, 4) is 0 Å². The molecule has 0 unspecified atom stereocenters. The number of amides is 1. The molecule has 128 valence electrons. The molecule has 2 aliphatic rings. The van der Waals surface area contributed by atoms with Crippen LogP contribution >= 0.6 is 0 Å². The van der Waals surface area contributed by atoms with Crippen molar-refractivity contribution in [2.45, 2.75) is 37.1 Å². The van der Waals surface area contributed by atoms with Crippen molar-refractivity contribution < 1.29 is 9.32 Å². The minimum Gasteiger partial charge on any atom is -0.361 e. The lowest BCUT2D eigenvalue weighted by atomic mass is 10.00. The van der Waals surface area contributed by atoms with Gasteiger partial charge in [-0.05, 0) is 19.9 Å². The third-order valence-corrected chi connectivity index (χ3v) is 4.99. The third kappa shape index (κ3) is 3.08. The van der Waals surface area contributed by atoms with Crippen molar-refractivity contribution in [2.24, 2.45) is 7.05 Å². The highest BCUT2D eigenvalue weighted by Gasteiger charge is 2.35. The fraction of sp³-hybridized carbons (Fsp3) is 0.588. The van der Waals surface area contributed by atoms with Crippen LogP contribution in [0.1, 0.15) is 41.8 Å². The van der Waals surface area contributed by atoms with Gasteiger partial charge >= 0.3 is 0 Å². The molecule has 0 radical (unpaired) electrons. The summed E-state index contributed by atoms with van der Waals surface area (Å²) >= 11 is 0. The van der Waals surface area contributed by atoms with Crippen LogP contribution in [0.15, 0.2) is 23.1 Å². The van der Waals surface area contributed by atoms with Crippen molar-refractivity contribution in [2.75, 3.05) is 20.1 Å². The second kappa shape index (κ2) is 6.05. The van der Waals surface area contributed by atoms with Gasteiger partial charge in [0, 0.05) is 49.9 Å². The van der Waals surface area contributed by atoms with E-state index in [4.69, 9.17) is 4.52 Å². The first-order valence-corrected chi connectivity index (χ1v) is 8.49. The maximum absolute atomic E-state index is 12.4. The van der Waals surface area contributed by atoms with Gasteiger partial charge in [0.15, 0.2) is 0 Å². The van der Waals surface area contributed by atoms with Crippen LogP contribution in [0, 0.1) is 0 Å². The fourth-order valence-electron chi connectivity index (χ4n) is 3.57. The quantitative estimate of drug-likeness (QED) is 0.887. The summed E-state index contributed by atoms with van der Waals surface area (Å²) in [5.74, 6) is 1.44. The summed E-state index contributed by atoms with van der Waals surface area (Å²) in [6, 6.07) is 2.01. The highest BCUT2D eigenvalue weighted by Crippen LogP contribution is 2.39. The Morgan fingerprint density at radius 2 is 2.21 bits per heavy atom. The van der Waals surface area contributed by atoms with Gasteiger partial charge in [-0.2, -0.15) is 0 Å². The molecule has 1 N–H and O–H groups in total. The summed E-state index contributed by atoms with van der Waals surface area (Å²) in [5, 5.41) is 7.24. The standard InChI is InChI=1S/C17H23N5O2/c1-21-8-13(16-7-18-10-22(16)2)15(9-21)19-17(23)6-12-5-14(20-24-12)11-3-4-11/h5,7,10-11,13,15H,3-4,6,8-9H2,1-2H3,(H,19,23)/t13-,15-/m1/s1. The van der Waals surface area contributed by atoms with Crippen LogP contribution in [0.2, 0.25) is 0 Å². The molecule has 2 aromatic rings. The van der Waals surface area contributed by atoms with Crippen molar-refractivity contribution in [3.63, 3.8) is 0 Å². The number of hydrogen-bond acceptors (Lipinski definition) is 5. The molecular formula is C17H23N5O2. The fourth-order valence-corrected chi connectivity index (χ4v) is 3.57. The summed E-state index contributed by atoms with van der Waals surface area (Å²) in [5.41, 5.74) is 2.14. The Kier molecular flexibility index (Phi) is 3.88. The third-order valence-electron chi connectivity index (χ3n) is 4.99. The van der Waals surface area contributed by atoms with Crippen LogP contribution in [-0.4, -0.2) is 51.7 Å². The maximum Gasteiger partial charge on any atom is 0.228 e. The van der Waals surface area contributed by atoms with Crippen LogP contribution in [0.4, 0.5) is 0 Å². The number of likely N-dealkylation sites (N-methyl/N-ethyl adjacent to an activating group) is 1. The summed E-state index contributed by atoms with van der Waals surface area (Å²) < 4.78 is 7.33. The number of likely N-dealkylation sites (tertiary alicyclic amines) is 1. The first-order valence-electron chi connectivity index (χ1n) is 8.49. The number of nitrogens with zero attached hydrogens (tertiary/aromatic N) is 4. The Morgan fingerprint density at radius 3 is 2.92 bits per heavy atom. The predicted octanol–water partition coefficient (Wildman–Crippen LogP) is 1.04. The van der Waals surface area contributed by atoms with E-state index in [0.29, 0.717) is 11.7 Å². The average molecular weight is 329 g/mol. The molecule has 0 spiro atoms. The molecule has 24 heavy (non-hydrogen) atoms. The first kappa shape index (κ1) is 15.4. The number of aryl methyl sites for hydroxylation is 1. The minimum absolute atomic E-state index is 0.0130. The number of hydrogen-bond donors (Lipinski definition) is 1. The van der Waals surface area contributed by atoms with Crippen molar-refractivity contribution in [3.05, 3.63) is 35.7 Å². The maximum atomic E-state index is 12.4. The number of carbonyl (C=O) groups excluding carboxylic acids is 1. The van der Waals surface area contributed by atoms with E-state index < -0.39 is 0 Å². The Morgan fingerprint density at radius 1 is 1.38 bits per heavy atom. The molecule has 1 aliphatic heterocycles. The molecule has 7 heteroatoms. The first-order chi connectivity index (χ1) is 11.6. The van der Waals surface area contributed by atoms with Gasteiger partial charge in [0.1, 0.15) is 5.76 Å². The summed E-state index contributed by atoms with van der Waals surface area (Å²) in [7, 11) is 4.07. The molecule has 0 aromatic carbocycles. The zero-order valence-electron chi connectivity index (χ0n) is 14.1. The molecule has 0 bridgehead atoms. The minimum atomic E-state index is -0.0130. The van der Waals surface area contributed by atoms with Crippen molar-refractivity contribution in [1.29, 1.82) is 0 Å². The van der Waals surface area contributed by atoms with E-state index in [1.54, 1.807) is 6.33 Å². The zero-order valence-corrected chi connectivity index (χ0v) is 14.1. The number of rotatable bonds is 5. The second-order valence-electron chi connectivity index (χ2n) is 7.10. The largest absolute Gasteiger partial charge is 0.361 e. The number of nitrogens with one attached hydrogen (secondary N) is 1. The van der Waals surface area contributed by atoms with E-state index >= 15 is 0 Å². The molecule has 2 aromatic heterocycles. The van der Waals surface area contributed by atoms with Gasteiger partial charge in [-0.3, -0.25) is 4.79 Å². The van der Waals surface area contributed by atoms with E-state index in [1.807, 2.05) is 23.9 Å². The van der Waals surface area contributed by atoms with Crippen LogP contribution in [0.3, 0.4) is 0 Å². The molecule has 4 rings (SSSR count). The normalized spacial score (nSPS) is 24.4. The van der Waals surface area contributed by atoms with Crippen molar-refractivity contribution >= 4 is 5.91 Å². The summed E-state index contributed by atoms with van der Waals surface area (Å²) in [6.07, 6.45) is 6.30. The molecular weight excluding hydrogens is 306 g/mol. The summed E-state index contributed by atoms with van der Waals surface area (Å²) in [4.78, 5) is 18.9. The van der Waals surface area contributed by atoms with Gasteiger partial charge in [0.2, 0.25) is 5.91 Å². The highest BCUT2D eigenvalue weighted by atomic mass is 16.5. The lowest BCUT2D eigenvalue weighted by molar-refractivity contribution is -0.121. The smallest absolute Gasteiger partial charge is 0.228 e. The number of aromatic nitrogens is 3. The Labute approximate surface area is 141 Å². The molecule has 3 heterocycles. The van der Waals surface area contributed by atoms with Crippen LogP contribution in [0.25, 0.3) is 0 Å². The van der Waals surface area contributed by atoms with Gasteiger partial charge in [0.05, 0.1) is 24.5 Å². The van der Waals surface area contributed by atoms with E-state index in [9.17, 15) is 4.79 Å². The van der Waals surface area contributed by atoms with Gasteiger partial charge in [0.25, 0.3) is 0 Å². The van der Waals surface area contributed by atoms with Gasteiger partial charge in [-0.1, -0.05) is 5.16 Å². The predicted molar refractivity (Wildman–Crippen MR) is 87.6 cm³/mol. The van der Waals surface area contributed by atoms with E-state index in [1.165, 1.54) is 12.8 Å². The van der Waals surface area contributed by atoms with E-state index in [-0.39, 0.29) is 24.3 Å². The van der Waals surface area contributed by atoms with Gasteiger partial charge in [-0.15, -0.1) is 0 Å². The molecule has 1 amide bonds. The average Bonchev–Trinajstić information content (AvgIpc) is 2.96. The molecule has 1 saturated heterocycles.